The van der Waals surface area contributed by atoms with Crippen molar-refractivity contribution in [2.24, 2.45) is 0 Å². The first kappa shape index (κ1) is 18.7. The average molecular weight is 287 g/mol. The lowest BCUT2D eigenvalue weighted by Crippen LogP contribution is -2.39. The molecule has 1 atom stereocenters. The topological polar surface area (TPSA) is 64.6 Å². The highest BCUT2D eigenvalue weighted by atomic mass is 16.5. The summed E-state index contributed by atoms with van der Waals surface area (Å²) < 4.78 is 9.50. The molecule has 0 aromatic rings. The molecule has 20 heavy (non-hydrogen) atoms. The molecule has 0 rings (SSSR count). The third kappa shape index (κ3) is 10.6. The zero-order valence-corrected chi connectivity index (χ0v) is 13.1. The third-order valence-corrected chi connectivity index (χ3v) is 3.12. The molecule has 0 aliphatic heterocycles. The van der Waals surface area contributed by atoms with E-state index in [9.17, 15) is 9.59 Å². The maximum Gasteiger partial charge on any atom is 0.407 e. The maximum atomic E-state index is 11.5. The fourth-order valence-electron chi connectivity index (χ4n) is 1.83. The summed E-state index contributed by atoms with van der Waals surface area (Å²) in [4.78, 5) is 22.4. The Kier molecular flexibility index (Phi) is 12.0. The Hall–Kier alpha value is -1.26. The normalized spacial score (nSPS) is 11.8. The van der Waals surface area contributed by atoms with E-state index in [0.29, 0.717) is 6.61 Å². The van der Waals surface area contributed by atoms with Crippen LogP contribution in [0.5, 0.6) is 0 Å². The van der Waals surface area contributed by atoms with Crippen LogP contribution in [0.3, 0.4) is 0 Å². The molecule has 1 N–H and O–H groups in total. The van der Waals surface area contributed by atoms with Crippen LogP contribution >= 0.6 is 0 Å². The van der Waals surface area contributed by atoms with Gasteiger partial charge >= 0.3 is 12.1 Å². The van der Waals surface area contributed by atoms with Crippen LogP contribution in [0.15, 0.2) is 0 Å². The summed E-state index contributed by atoms with van der Waals surface area (Å²) in [5.74, 6) is -0.418. The predicted octanol–water partition coefficient (Wildman–Crippen LogP) is 3.41. The van der Waals surface area contributed by atoms with Crippen LogP contribution in [0, 0.1) is 0 Å². The second-order valence-electron chi connectivity index (χ2n) is 5.00. The smallest absolute Gasteiger partial charge is 0.407 e. The van der Waals surface area contributed by atoms with E-state index in [1.54, 1.807) is 6.92 Å². The Balaban J connectivity index is 3.41. The van der Waals surface area contributed by atoms with E-state index in [2.05, 4.69) is 17.0 Å². The average Bonchev–Trinajstić information content (AvgIpc) is 2.45. The van der Waals surface area contributed by atoms with Gasteiger partial charge in [-0.25, -0.2) is 9.59 Å². The quantitative estimate of drug-likeness (QED) is 0.467. The first-order valence-electron chi connectivity index (χ1n) is 7.63. The molecule has 0 fully saturated rings. The number of rotatable bonds is 11. The van der Waals surface area contributed by atoms with E-state index in [-0.39, 0.29) is 0 Å². The van der Waals surface area contributed by atoms with Crippen LogP contribution in [0.1, 0.15) is 65.2 Å². The van der Waals surface area contributed by atoms with Crippen molar-refractivity contribution in [2.75, 3.05) is 13.7 Å². The summed E-state index contributed by atoms with van der Waals surface area (Å²) in [7, 11) is 1.26. The third-order valence-electron chi connectivity index (χ3n) is 3.12. The summed E-state index contributed by atoms with van der Waals surface area (Å²) in [5, 5.41) is 2.37. The van der Waals surface area contributed by atoms with Crippen LogP contribution in [-0.4, -0.2) is 31.8 Å². The molecule has 1 amide bonds. The molecule has 0 aliphatic rings. The molecule has 5 heteroatoms. The van der Waals surface area contributed by atoms with Gasteiger partial charge in [0.15, 0.2) is 0 Å². The lowest BCUT2D eigenvalue weighted by molar-refractivity contribution is -0.145. The lowest BCUT2D eigenvalue weighted by atomic mass is 10.1. The molecular formula is C15H29NO4. The largest absolute Gasteiger partial charge is 0.464 e. The molecule has 0 unspecified atom stereocenters. The van der Waals surface area contributed by atoms with E-state index >= 15 is 0 Å². The molecule has 0 radical (unpaired) electrons. The first-order valence-corrected chi connectivity index (χ1v) is 7.63. The summed E-state index contributed by atoms with van der Waals surface area (Å²) in [6.45, 7) is 4.21. The number of alkyl carbamates (subject to hydrolysis) is 1. The van der Waals surface area contributed by atoms with E-state index in [1.807, 2.05) is 0 Å². The molecule has 0 bridgehead atoms. The molecule has 0 aromatic heterocycles. The van der Waals surface area contributed by atoms with Gasteiger partial charge < -0.3 is 14.8 Å². The number of ether oxygens (including phenoxy) is 2. The number of methoxy groups -OCH3 is 1. The van der Waals surface area contributed by atoms with Gasteiger partial charge in [0.2, 0.25) is 0 Å². The Morgan fingerprint density at radius 2 is 1.55 bits per heavy atom. The second kappa shape index (κ2) is 12.8. The van der Waals surface area contributed by atoms with Gasteiger partial charge in [0.05, 0.1) is 13.7 Å². The number of carbonyl (C=O) groups is 2. The maximum absolute atomic E-state index is 11.5. The van der Waals surface area contributed by atoms with Crippen LogP contribution in [0.4, 0.5) is 4.79 Å². The van der Waals surface area contributed by atoms with Crippen LogP contribution < -0.4 is 5.32 Å². The number of hydrogen-bond donors (Lipinski definition) is 1. The SMILES string of the molecule is CCCCCCCCCCOC(=O)[C@H](C)NC(=O)OC. The Labute approximate surface area is 122 Å². The van der Waals surface area contributed by atoms with Crippen molar-refractivity contribution in [3.8, 4) is 0 Å². The minimum atomic E-state index is -0.670. The Morgan fingerprint density at radius 1 is 1.00 bits per heavy atom. The van der Waals surface area contributed by atoms with Gasteiger partial charge in [-0.1, -0.05) is 51.9 Å². The van der Waals surface area contributed by atoms with E-state index in [0.717, 1.165) is 12.8 Å². The zero-order chi connectivity index (χ0) is 15.2. The molecule has 0 aliphatic carbocycles. The van der Waals surface area contributed by atoms with E-state index in [4.69, 9.17) is 4.74 Å². The summed E-state index contributed by atoms with van der Waals surface area (Å²) in [6.07, 6.45) is 9.00. The van der Waals surface area contributed by atoms with Crippen molar-refractivity contribution in [2.45, 2.75) is 71.3 Å². The lowest BCUT2D eigenvalue weighted by Gasteiger charge is -2.12. The molecule has 0 spiro atoms. The van der Waals surface area contributed by atoms with Gasteiger partial charge in [0, 0.05) is 0 Å². The second-order valence-corrected chi connectivity index (χ2v) is 5.00. The summed E-state index contributed by atoms with van der Waals surface area (Å²) in [6, 6.07) is -0.670. The van der Waals surface area contributed by atoms with Crippen molar-refractivity contribution in [1.82, 2.24) is 5.32 Å². The highest BCUT2D eigenvalue weighted by Crippen LogP contribution is 2.08. The molecule has 118 valence electrons. The van der Waals surface area contributed by atoms with Crippen molar-refractivity contribution >= 4 is 12.1 Å². The molecular weight excluding hydrogens is 258 g/mol. The fourth-order valence-corrected chi connectivity index (χ4v) is 1.83. The number of esters is 1. The molecule has 0 aromatic carbocycles. The standard InChI is InChI=1S/C15H29NO4/c1-4-5-6-7-8-9-10-11-12-20-14(17)13(2)16-15(18)19-3/h13H,4-12H2,1-3H3,(H,16,18)/t13-/m0/s1. The van der Waals surface area contributed by atoms with Crippen molar-refractivity contribution in [1.29, 1.82) is 0 Å². The minimum Gasteiger partial charge on any atom is -0.464 e. The fraction of sp³-hybridized carbons (Fsp3) is 0.867. The van der Waals surface area contributed by atoms with Crippen LogP contribution in [0.2, 0.25) is 0 Å². The molecule has 5 nitrogen and oxygen atoms in total. The highest BCUT2D eigenvalue weighted by Gasteiger charge is 2.16. The Morgan fingerprint density at radius 3 is 2.10 bits per heavy atom. The minimum absolute atomic E-state index is 0.418. The zero-order valence-electron chi connectivity index (χ0n) is 13.1. The van der Waals surface area contributed by atoms with Gasteiger partial charge in [0.25, 0.3) is 0 Å². The number of hydrogen-bond acceptors (Lipinski definition) is 4. The monoisotopic (exact) mass is 287 g/mol. The van der Waals surface area contributed by atoms with E-state index < -0.39 is 18.1 Å². The number of unbranched alkanes of at least 4 members (excludes halogenated alkanes) is 7. The molecule has 0 saturated carbocycles. The van der Waals surface area contributed by atoms with Crippen LogP contribution in [-0.2, 0) is 14.3 Å². The van der Waals surface area contributed by atoms with Gasteiger partial charge in [-0.3, -0.25) is 0 Å². The number of amides is 1. The van der Waals surface area contributed by atoms with Gasteiger partial charge in [-0.2, -0.15) is 0 Å². The number of carbonyl (C=O) groups excluding carboxylic acids is 2. The van der Waals surface area contributed by atoms with E-state index in [1.165, 1.54) is 45.6 Å². The summed E-state index contributed by atoms with van der Waals surface area (Å²) >= 11 is 0. The highest BCUT2D eigenvalue weighted by molar-refractivity contribution is 5.80. The number of nitrogens with one attached hydrogen (secondary N) is 1. The van der Waals surface area contributed by atoms with Gasteiger partial charge in [0.1, 0.15) is 6.04 Å². The van der Waals surface area contributed by atoms with Gasteiger partial charge in [-0.15, -0.1) is 0 Å². The first-order chi connectivity index (χ1) is 9.61. The van der Waals surface area contributed by atoms with Crippen molar-refractivity contribution in [3.63, 3.8) is 0 Å². The summed E-state index contributed by atoms with van der Waals surface area (Å²) in [5.41, 5.74) is 0. The van der Waals surface area contributed by atoms with Crippen molar-refractivity contribution in [3.05, 3.63) is 0 Å². The Bertz CT molecular complexity index is 269. The van der Waals surface area contributed by atoms with Crippen molar-refractivity contribution < 1.29 is 19.1 Å². The van der Waals surface area contributed by atoms with Gasteiger partial charge in [-0.05, 0) is 13.3 Å². The van der Waals surface area contributed by atoms with Crippen LogP contribution in [0.25, 0.3) is 0 Å². The molecule has 0 heterocycles. The molecule has 0 saturated heterocycles. The predicted molar refractivity (Wildman–Crippen MR) is 78.6 cm³/mol.